The molecule has 1 aromatic rings. The number of hydrogen-bond donors (Lipinski definition) is 0. The molecular formula is C11H17ClN2O3. The van der Waals surface area contributed by atoms with Gasteiger partial charge >= 0.3 is 5.97 Å². The van der Waals surface area contributed by atoms with Crippen LogP contribution in [0.5, 0.6) is 0 Å². The Morgan fingerprint density at radius 3 is 2.12 bits per heavy atom. The maximum absolute atomic E-state index is 11.6. The van der Waals surface area contributed by atoms with Crippen molar-refractivity contribution < 1.29 is 31.5 Å². The number of rotatable bonds is 4. The normalized spacial score (nSPS) is 10.4. The number of hydrogen-bond acceptors (Lipinski definition) is 4. The smallest absolute Gasteiger partial charge is 0.339 e. The fourth-order valence-corrected chi connectivity index (χ4v) is 1.45. The zero-order valence-electron chi connectivity index (χ0n) is 10.4. The monoisotopic (exact) mass is 260 g/mol. The summed E-state index contributed by atoms with van der Waals surface area (Å²) in [6.07, 6.45) is 3.57. The molecule has 0 amide bonds. The Morgan fingerprint density at radius 2 is 1.71 bits per heavy atom. The number of carbonyl (C=O) groups is 1. The summed E-state index contributed by atoms with van der Waals surface area (Å²) in [5.41, 5.74) is -0.907. The summed E-state index contributed by atoms with van der Waals surface area (Å²) in [6, 6.07) is 5.58. The quantitative estimate of drug-likeness (QED) is 0.339. The second kappa shape index (κ2) is 6.42. The van der Waals surface area contributed by atoms with Gasteiger partial charge in [-0.3, -0.25) is 0 Å². The van der Waals surface area contributed by atoms with E-state index in [4.69, 9.17) is 9.57 Å². The first-order valence-electron chi connectivity index (χ1n) is 4.93. The Kier molecular flexibility index (Phi) is 5.91. The van der Waals surface area contributed by atoms with E-state index in [1.54, 1.807) is 30.9 Å². The van der Waals surface area contributed by atoms with Crippen LogP contribution in [-0.2, 0) is 14.4 Å². The number of halogens is 1. The van der Waals surface area contributed by atoms with Crippen LogP contribution in [0, 0.1) is 0 Å². The van der Waals surface area contributed by atoms with Gasteiger partial charge in [0.05, 0.1) is 14.2 Å². The number of carbonyl (C=O) groups excluding carboxylic acids is 1. The summed E-state index contributed by atoms with van der Waals surface area (Å²) in [5.74, 6) is -0.370. The van der Waals surface area contributed by atoms with Gasteiger partial charge in [-0.25, -0.2) is 9.63 Å². The molecule has 0 spiro atoms. The molecule has 0 aliphatic carbocycles. The molecule has 0 aliphatic rings. The number of esters is 1. The molecule has 0 atom stereocenters. The van der Waals surface area contributed by atoms with Gasteiger partial charge < -0.3 is 17.1 Å². The molecule has 1 heterocycles. The minimum atomic E-state index is -0.907. The van der Waals surface area contributed by atoms with Gasteiger partial charge in [-0.2, -0.15) is 0 Å². The molecule has 0 aromatic carbocycles. The molecule has 1 aromatic heterocycles. The molecular weight excluding hydrogens is 244 g/mol. The van der Waals surface area contributed by atoms with Crippen molar-refractivity contribution in [2.45, 2.75) is 19.4 Å². The molecule has 1 rings (SSSR count). The lowest BCUT2D eigenvalue weighted by Gasteiger charge is -2.28. The summed E-state index contributed by atoms with van der Waals surface area (Å²) in [5, 5.41) is 1.44. The first-order chi connectivity index (χ1) is 7.54. The molecule has 0 fully saturated rings. The Hall–Kier alpha value is -1.33. The van der Waals surface area contributed by atoms with Crippen LogP contribution in [0.25, 0.3) is 0 Å². The van der Waals surface area contributed by atoms with E-state index < -0.39 is 5.54 Å². The standard InChI is InChI=1S/C11H17N2O3.ClH/c1-11(2,10(14)15-3)13(16-4)12-8-6-5-7-9-12;/h5-9H,1-4H3;1H/q+1;/p-1. The molecule has 96 valence electrons. The molecule has 0 aliphatic heterocycles. The van der Waals surface area contributed by atoms with Gasteiger partial charge in [0.1, 0.15) is 0 Å². The summed E-state index contributed by atoms with van der Waals surface area (Å²) in [7, 11) is 2.86. The molecule has 0 unspecified atom stereocenters. The predicted octanol–water partition coefficient (Wildman–Crippen LogP) is -2.57. The van der Waals surface area contributed by atoms with Crippen molar-refractivity contribution in [2.75, 3.05) is 19.4 Å². The van der Waals surface area contributed by atoms with Crippen LogP contribution in [0.2, 0.25) is 0 Å². The van der Waals surface area contributed by atoms with E-state index in [-0.39, 0.29) is 18.4 Å². The molecule has 0 N–H and O–H groups in total. The van der Waals surface area contributed by atoms with Crippen LogP contribution < -0.4 is 22.3 Å². The Morgan fingerprint density at radius 1 is 1.18 bits per heavy atom. The highest BCUT2D eigenvalue weighted by Gasteiger charge is 2.42. The average Bonchev–Trinajstić information content (AvgIpc) is 2.30. The van der Waals surface area contributed by atoms with E-state index in [1.807, 2.05) is 18.2 Å². The van der Waals surface area contributed by atoms with Gasteiger partial charge in [-0.15, -0.1) is 0 Å². The lowest BCUT2D eigenvalue weighted by Crippen LogP contribution is -3.00. The summed E-state index contributed by atoms with van der Waals surface area (Å²) in [6.45, 7) is 3.45. The van der Waals surface area contributed by atoms with Gasteiger partial charge in [-0.1, -0.05) is 10.7 Å². The highest BCUT2D eigenvalue weighted by atomic mass is 35.5. The van der Waals surface area contributed by atoms with Crippen molar-refractivity contribution in [2.24, 2.45) is 0 Å². The lowest BCUT2D eigenvalue weighted by molar-refractivity contribution is -0.736. The van der Waals surface area contributed by atoms with Gasteiger partial charge in [-0.05, 0) is 19.0 Å². The fourth-order valence-electron chi connectivity index (χ4n) is 1.45. The average molecular weight is 261 g/mol. The molecule has 0 bridgehead atoms. The Bertz CT molecular complexity index is 357. The fraction of sp³-hybridized carbons (Fsp3) is 0.455. The number of aromatic nitrogens is 1. The van der Waals surface area contributed by atoms with E-state index >= 15 is 0 Å². The van der Waals surface area contributed by atoms with E-state index in [9.17, 15) is 4.79 Å². The number of pyridine rings is 1. The number of nitrogens with zero attached hydrogens (tertiary/aromatic N) is 2. The van der Waals surface area contributed by atoms with Gasteiger partial charge in [0, 0.05) is 12.1 Å². The second-order valence-electron chi connectivity index (χ2n) is 3.76. The van der Waals surface area contributed by atoms with Crippen LogP contribution in [0.3, 0.4) is 0 Å². The predicted molar refractivity (Wildman–Crippen MR) is 58.0 cm³/mol. The highest BCUT2D eigenvalue weighted by Crippen LogP contribution is 2.11. The van der Waals surface area contributed by atoms with Crippen LogP contribution >= 0.6 is 0 Å². The van der Waals surface area contributed by atoms with Crippen LogP contribution in [0.1, 0.15) is 13.8 Å². The molecule has 6 heteroatoms. The second-order valence-corrected chi connectivity index (χ2v) is 3.76. The largest absolute Gasteiger partial charge is 1.00 e. The lowest BCUT2D eigenvalue weighted by atomic mass is 10.1. The maximum atomic E-state index is 11.6. The first-order valence-corrected chi connectivity index (χ1v) is 4.93. The van der Waals surface area contributed by atoms with Crippen molar-refractivity contribution in [3.8, 4) is 0 Å². The van der Waals surface area contributed by atoms with Gasteiger partial charge in [0.2, 0.25) is 17.9 Å². The first kappa shape index (κ1) is 15.7. The maximum Gasteiger partial charge on any atom is 0.339 e. The third-order valence-electron chi connectivity index (χ3n) is 2.25. The Labute approximate surface area is 107 Å². The minimum Gasteiger partial charge on any atom is -1.00 e. The van der Waals surface area contributed by atoms with Crippen molar-refractivity contribution >= 4 is 5.97 Å². The summed E-state index contributed by atoms with van der Waals surface area (Å²) >= 11 is 0. The van der Waals surface area contributed by atoms with E-state index in [2.05, 4.69) is 0 Å². The minimum absolute atomic E-state index is 0. The highest BCUT2D eigenvalue weighted by molar-refractivity contribution is 5.80. The zero-order valence-corrected chi connectivity index (χ0v) is 11.1. The van der Waals surface area contributed by atoms with Crippen molar-refractivity contribution in [3.05, 3.63) is 30.6 Å². The number of hydroxylamine groups is 1. The van der Waals surface area contributed by atoms with Crippen LogP contribution in [-0.4, -0.2) is 25.7 Å². The summed E-state index contributed by atoms with van der Waals surface area (Å²) < 4.78 is 6.42. The topological polar surface area (TPSA) is 42.6 Å². The summed E-state index contributed by atoms with van der Waals surface area (Å²) in [4.78, 5) is 16.9. The van der Waals surface area contributed by atoms with Crippen molar-refractivity contribution in [1.29, 1.82) is 0 Å². The SMILES string of the molecule is COC(=O)C(C)(C)N(OC)[n+]1ccccc1.[Cl-]. The zero-order chi connectivity index (χ0) is 12.2. The molecule has 17 heavy (non-hydrogen) atoms. The van der Waals surface area contributed by atoms with Crippen LogP contribution in [0.4, 0.5) is 0 Å². The third kappa shape index (κ3) is 3.31. The Balaban J connectivity index is 0.00000256. The van der Waals surface area contributed by atoms with Crippen LogP contribution in [0.15, 0.2) is 30.6 Å². The number of ether oxygens (including phenoxy) is 1. The molecule has 0 saturated carbocycles. The third-order valence-corrected chi connectivity index (χ3v) is 2.25. The molecule has 5 nitrogen and oxygen atoms in total. The van der Waals surface area contributed by atoms with Gasteiger partial charge in [0.15, 0.2) is 0 Å². The molecule has 0 radical (unpaired) electrons. The van der Waals surface area contributed by atoms with E-state index in [0.29, 0.717) is 0 Å². The van der Waals surface area contributed by atoms with Crippen molar-refractivity contribution in [1.82, 2.24) is 0 Å². The number of methoxy groups -OCH3 is 1. The van der Waals surface area contributed by atoms with E-state index in [0.717, 1.165) is 0 Å². The van der Waals surface area contributed by atoms with Crippen molar-refractivity contribution in [3.63, 3.8) is 0 Å². The molecule has 0 saturated heterocycles. The van der Waals surface area contributed by atoms with Gasteiger partial charge in [0.25, 0.3) is 0 Å². The van der Waals surface area contributed by atoms with E-state index in [1.165, 1.54) is 19.4 Å².